The average molecular weight is 380 g/mol. The quantitative estimate of drug-likeness (QED) is 0.726. The van der Waals surface area contributed by atoms with Gasteiger partial charge in [-0.2, -0.15) is 0 Å². The minimum Gasteiger partial charge on any atom is -0.481 e. The fraction of sp³-hybridized carbons (Fsp3) is 0.478. The first kappa shape index (κ1) is 18.9. The summed E-state index contributed by atoms with van der Waals surface area (Å²) in [6.07, 6.45) is 6.63. The van der Waals surface area contributed by atoms with Gasteiger partial charge < -0.3 is 14.4 Å². The van der Waals surface area contributed by atoms with Crippen LogP contribution in [0.1, 0.15) is 41.6 Å². The molecule has 0 bridgehead atoms. The van der Waals surface area contributed by atoms with Crippen LogP contribution >= 0.6 is 0 Å². The molecular weight excluding hydrogens is 352 g/mol. The van der Waals surface area contributed by atoms with Crippen LogP contribution in [0.3, 0.4) is 0 Å². The summed E-state index contributed by atoms with van der Waals surface area (Å²) < 4.78 is 11.0. The van der Waals surface area contributed by atoms with Crippen LogP contribution in [0.4, 0.5) is 0 Å². The van der Waals surface area contributed by atoms with Crippen LogP contribution in [0, 0.1) is 12.8 Å². The van der Waals surface area contributed by atoms with E-state index in [1.165, 1.54) is 12.8 Å². The number of amides is 1. The molecule has 1 aromatic carbocycles. The maximum Gasteiger partial charge on any atom is 0.253 e. The summed E-state index contributed by atoms with van der Waals surface area (Å²) in [4.78, 5) is 19.4. The second-order valence-corrected chi connectivity index (χ2v) is 7.91. The van der Waals surface area contributed by atoms with Gasteiger partial charge in [0.05, 0.1) is 13.2 Å². The number of aromatic nitrogens is 1. The molecule has 0 radical (unpaired) electrons. The van der Waals surface area contributed by atoms with Crippen LogP contribution in [-0.2, 0) is 4.74 Å². The Balaban J connectivity index is 1.50. The normalized spacial score (nSPS) is 18.9. The van der Waals surface area contributed by atoms with Crippen molar-refractivity contribution in [3.8, 4) is 17.0 Å². The smallest absolute Gasteiger partial charge is 0.253 e. The highest BCUT2D eigenvalue weighted by Gasteiger charge is 2.30. The van der Waals surface area contributed by atoms with E-state index in [9.17, 15) is 4.79 Å². The number of hydrogen-bond donors (Lipinski definition) is 0. The van der Waals surface area contributed by atoms with E-state index in [-0.39, 0.29) is 12.0 Å². The van der Waals surface area contributed by atoms with E-state index in [1.807, 2.05) is 48.4 Å². The highest BCUT2D eigenvalue weighted by Crippen LogP contribution is 2.31. The summed E-state index contributed by atoms with van der Waals surface area (Å²) >= 11 is 0. The molecule has 1 saturated heterocycles. The highest BCUT2D eigenvalue weighted by molar-refractivity contribution is 5.94. The maximum atomic E-state index is 13.1. The number of benzene rings is 1. The molecule has 1 amide bonds. The first-order valence-corrected chi connectivity index (χ1v) is 10.2. The van der Waals surface area contributed by atoms with Crippen molar-refractivity contribution in [3.63, 3.8) is 0 Å². The number of nitrogens with zero attached hydrogens (tertiary/aromatic N) is 2. The molecular formula is C23H28N2O3. The van der Waals surface area contributed by atoms with Gasteiger partial charge in [-0.15, -0.1) is 0 Å². The Morgan fingerprint density at radius 1 is 1.21 bits per heavy atom. The SMILES string of the molecule is COc1cc(C)c(-c2ccc(C(=O)N(CC3CC3)C[C@@H]3CCCO3)cc2)cn1. The predicted octanol–water partition coefficient (Wildman–Crippen LogP) is 4.10. The molecule has 28 heavy (non-hydrogen) atoms. The summed E-state index contributed by atoms with van der Waals surface area (Å²) in [6.45, 7) is 4.41. The van der Waals surface area contributed by atoms with E-state index in [0.29, 0.717) is 18.3 Å². The van der Waals surface area contributed by atoms with Gasteiger partial charge in [-0.1, -0.05) is 12.1 Å². The molecule has 148 valence electrons. The molecule has 2 fully saturated rings. The van der Waals surface area contributed by atoms with Crippen LogP contribution in [-0.4, -0.2) is 48.7 Å². The minimum atomic E-state index is 0.110. The number of carbonyl (C=O) groups is 1. The van der Waals surface area contributed by atoms with Crippen molar-refractivity contribution in [1.82, 2.24) is 9.88 Å². The minimum absolute atomic E-state index is 0.110. The van der Waals surface area contributed by atoms with Gasteiger partial charge in [-0.3, -0.25) is 4.79 Å². The van der Waals surface area contributed by atoms with Crippen molar-refractivity contribution in [2.45, 2.75) is 38.7 Å². The lowest BCUT2D eigenvalue weighted by molar-refractivity contribution is 0.0515. The monoisotopic (exact) mass is 380 g/mol. The summed E-state index contributed by atoms with van der Waals surface area (Å²) in [6, 6.07) is 9.79. The first-order chi connectivity index (χ1) is 13.6. The van der Waals surface area contributed by atoms with Gasteiger partial charge in [-0.25, -0.2) is 4.98 Å². The number of hydrogen-bond acceptors (Lipinski definition) is 4. The van der Waals surface area contributed by atoms with Crippen LogP contribution in [0.2, 0.25) is 0 Å². The lowest BCUT2D eigenvalue weighted by Crippen LogP contribution is -2.38. The van der Waals surface area contributed by atoms with Crippen molar-refractivity contribution in [2.24, 2.45) is 5.92 Å². The Kier molecular flexibility index (Phi) is 5.62. The van der Waals surface area contributed by atoms with Gasteiger partial charge in [-0.05, 0) is 61.8 Å². The lowest BCUT2D eigenvalue weighted by Gasteiger charge is -2.25. The Bertz CT molecular complexity index is 824. The number of pyridine rings is 1. The summed E-state index contributed by atoms with van der Waals surface area (Å²) in [5.41, 5.74) is 3.94. The zero-order chi connectivity index (χ0) is 19.5. The second kappa shape index (κ2) is 8.31. The van der Waals surface area contributed by atoms with Crippen LogP contribution in [0.5, 0.6) is 5.88 Å². The molecule has 0 spiro atoms. The number of ether oxygens (including phenoxy) is 2. The molecule has 0 N–H and O–H groups in total. The van der Waals surface area contributed by atoms with Crippen molar-refractivity contribution >= 4 is 5.91 Å². The van der Waals surface area contributed by atoms with Crippen molar-refractivity contribution in [3.05, 3.63) is 47.7 Å². The van der Waals surface area contributed by atoms with Crippen LogP contribution in [0.25, 0.3) is 11.1 Å². The summed E-state index contributed by atoms with van der Waals surface area (Å²) in [5.74, 6) is 1.38. The largest absolute Gasteiger partial charge is 0.481 e. The number of rotatable bonds is 7. The van der Waals surface area contributed by atoms with E-state index < -0.39 is 0 Å². The Hall–Kier alpha value is -2.40. The Morgan fingerprint density at radius 3 is 2.61 bits per heavy atom. The van der Waals surface area contributed by atoms with Crippen molar-refractivity contribution < 1.29 is 14.3 Å². The first-order valence-electron chi connectivity index (χ1n) is 10.2. The maximum absolute atomic E-state index is 13.1. The van der Waals surface area contributed by atoms with Gasteiger partial charge >= 0.3 is 0 Å². The molecule has 1 aromatic heterocycles. The molecule has 2 aromatic rings. The fourth-order valence-electron chi connectivity index (χ4n) is 3.81. The Labute approximate surface area is 166 Å². The number of aryl methyl sites for hydroxylation is 1. The fourth-order valence-corrected chi connectivity index (χ4v) is 3.81. The molecule has 5 nitrogen and oxygen atoms in total. The molecule has 1 aliphatic heterocycles. The predicted molar refractivity (Wildman–Crippen MR) is 109 cm³/mol. The molecule has 1 atom stereocenters. The average Bonchev–Trinajstić information content (AvgIpc) is 3.39. The summed E-state index contributed by atoms with van der Waals surface area (Å²) in [7, 11) is 1.62. The van der Waals surface area contributed by atoms with Gasteiger partial charge in [0.25, 0.3) is 5.91 Å². The highest BCUT2D eigenvalue weighted by atomic mass is 16.5. The van der Waals surface area contributed by atoms with E-state index >= 15 is 0 Å². The van der Waals surface area contributed by atoms with Gasteiger partial charge in [0.1, 0.15) is 0 Å². The molecule has 4 rings (SSSR count). The van der Waals surface area contributed by atoms with Crippen LogP contribution in [0.15, 0.2) is 36.5 Å². The second-order valence-electron chi connectivity index (χ2n) is 7.91. The molecule has 2 aliphatic rings. The van der Waals surface area contributed by atoms with Gasteiger partial charge in [0.2, 0.25) is 5.88 Å². The van der Waals surface area contributed by atoms with E-state index in [1.54, 1.807) is 7.11 Å². The zero-order valence-corrected chi connectivity index (χ0v) is 16.7. The molecule has 0 unspecified atom stereocenters. The summed E-state index contributed by atoms with van der Waals surface area (Å²) in [5, 5.41) is 0. The van der Waals surface area contributed by atoms with E-state index in [2.05, 4.69) is 4.98 Å². The number of methoxy groups -OCH3 is 1. The molecule has 5 heteroatoms. The van der Waals surface area contributed by atoms with Crippen molar-refractivity contribution in [1.29, 1.82) is 0 Å². The van der Waals surface area contributed by atoms with E-state index in [4.69, 9.17) is 9.47 Å². The lowest BCUT2D eigenvalue weighted by atomic mass is 10.0. The third-order valence-electron chi connectivity index (χ3n) is 5.65. The van der Waals surface area contributed by atoms with Crippen molar-refractivity contribution in [2.75, 3.05) is 26.8 Å². The third-order valence-corrected chi connectivity index (χ3v) is 5.65. The molecule has 1 saturated carbocycles. The number of carbonyl (C=O) groups excluding carboxylic acids is 1. The molecule has 1 aliphatic carbocycles. The van der Waals surface area contributed by atoms with Gasteiger partial charge in [0.15, 0.2) is 0 Å². The standard InChI is InChI=1S/C23H28N2O3/c1-16-12-22(27-2)24-13-21(16)18-7-9-19(10-8-18)23(26)25(14-17-5-6-17)15-20-4-3-11-28-20/h7-10,12-13,17,20H,3-6,11,14-15H2,1-2H3/t20-/m0/s1. The molecule has 2 heterocycles. The zero-order valence-electron chi connectivity index (χ0n) is 16.7. The van der Waals surface area contributed by atoms with E-state index in [0.717, 1.165) is 48.2 Å². The van der Waals surface area contributed by atoms with Gasteiger partial charge in [0, 0.05) is 43.1 Å². The van der Waals surface area contributed by atoms with Crippen LogP contribution < -0.4 is 4.74 Å². The Morgan fingerprint density at radius 2 is 2.00 bits per heavy atom. The third kappa shape index (κ3) is 4.36. The topological polar surface area (TPSA) is 51.7 Å².